The van der Waals surface area contributed by atoms with Gasteiger partial charge in [-0.2, -0.15) is 0 Å². The number of phenols is 1. The minimum absolute atomic E-state index is 0.142. The molecule has 1 aliphatic rings. The molecule has 104 valence electrons. The number of benzene rings is 1. The summed E-state index contributed by atoms with van der Waals surface area (Å²) in [5.41, 5.74) is 1.98. The first-order valence-electron chi connectivity index (χ1n) is 6.64. The van der Waals surface area contributed by atoms with Gasteiger partial charge in [-0.1, -0.05) is 24.6 Å². The molecule has 1 aromatic rings. The minimum atomic E-state index is -0.240. The molecule has 0 radical (unpaired) electrons. The van der Waals surface area contributed by atoms with E-state index < -0.39 is 0 Å². The Hall–Kier alpha value is -1.22. The lowest BCUT2D eigenvalue weighted by atomic mass is 9.94. The Balaban J connectivity index is 2.14. The Morgan fingerprint density at radius 3 is 2.74 bits per heavy atom. The molecule has 0 spiro atoms. The van der Waals surface area contributed by atoms with Crippen molar-refractivity contribution in [3.63, 3.8) is 0 Å². The van der Waals surface area contributed by atoms with Gasteiger partial charge in [0.25, 0.3) is 0 Å². The molecule has 0 heterocycles. The summed E-state index contributed by atoms with van der Waals surface area (Å²) in [6.07, 6.45) is 2.99. The molecule has 1 aromatic carbocycles. The van der Waals surface area contributed by atoms with Gasteiger partial charge in [-0.3, -0.25) is 4.79 Å². The summed E-state index contributed by atoms with van der Waals surface area (Å²) < 4.78 is 4.89. The molecule has 0 unspecified atom stereocenters. The van der Waals surface area contributed by atoms with E-state index in [0.717, 1.165) is 24.0 Å². The maximum Gasteiger partial charge on any atom is 0.306 e. The standard InChI is InChI=1S/C15H19ClO3/c1-3-19-14(18)5-4-10-8-11(15(2)6-7-15)12(16)9-13(10)17/h8-9,17H,3-7H2,1-2H3. The molecule has 1 fully saturated rings. The normalized spacial score (nSPS) is 16.2. The number of ether oxygens (including phenoxy) is 1. The molecule has 0 bridgehead atoms. The molecule has 1 N–H and O–H groups in total. The van der Waals surface area contributed by atoms with Crippen LogP contribution in [-0.2, 0) is 21.4 Å². The van der Waals surface area contributed by atoms with Crippen LogP contribution in [-0.4, -0.2) is 17.7 Å². The summed E-state index contributed by atoms with van der Waals surface area (Å²) in [5, 5.41) is 10.5. The maximum atomic E-state index is 11.4. The Morgan fingerprint density at radius 1 is 1.47 bits per heavy atom. The summed E-state index contributed by atoms with van der Waals surface area (Å²) in [5.74, 6) is -0.0849. The van der Waals surface area contributed by atoms with E-state index in [9.17, 15) is 9.90 Å². The highest BCUT2D eigenvalue weighted by atomic mass is 35.5. The molecule has 1 saturated carbocycles. The number of esters is 1. The number of carbonyl (C=O) groups excluding carboxylic acids is 1. The summed E-state index contributed by atoms with van der Waals surface area (Å²) in [6.45, 7) is 4.33. The van der Waals surface area contributed by atoms with Crippen LogP contribution >= 0.6 is 11.6 Å². The lowest BCUT2D eigenvalue weighted by Crippen LogP contribution is -2.07. The van der Waals surface area contributed by atoms with Crippen LogP contribution < -0.4 is 0 Å². The van der Waals surface area contributed by atoms with Gasteiger partial charge in [0.15, 0.2) is 0 Å². The Labute approximate surface area is 118 Å². The highest BCUT2D eigenvalue weighted by molar-refractivity contribution is 6.31. The van der Waals surface area contributed by atoms with Gasteiger partial charge < -0.3 is 9.84 Å². The average Bonchev–Trinajstić information content (AvgIpc) is 3.07. The largest absolute Gasteiger partial charge is 0.508 e. The van der Waals surface area contributed by atoms with Crippen molar-refractivity contribution in [3.05, 3.63) is 28.3 Å². The first kappa shape index (κ1) is 14.2. The lowest BCUT2D eigenvalue weighted by Gasteiger charge is -2.14. The Bertz CT molecular complexity index is 492. The molecule has 4 heteroatoms. The number of rotatable bonds is 5. The molecule has 0 aromatic heterocycles. The second kappa shape index (κ2) is 5.41. The van der Waals surface area contributed by atoms with Gasteiger partial charge in [-0.25, -0.2) is 0 Å². The van der Waals surface area contributed by atoms with Crippen LogP contribution in [0.15, 0.2) is 12.1 Å². The van der Waals surface area contributed by atoms with Gasteiger partial charge in [-0.05, 0) is 48.8 Å². The molecule has 0 saturated heterocycles. The SMILES string of the molecule is CCOC(=O)CCc1cc(C2(C)CC2)c(Cl)cc1O. The number of carbonyl (C=O) groups is 1. The fraction of sp³-hybridized carbons (Fsp3) is 0.533. The van der Waals surface area contributed by atoms with E-state index in [-0.39, 0.29) is 23.6 Å². The van der Waals surface area contributed by atoms with Gasteiger partial charge in [0.1, 0.15) is 5.75 Å². The predicted molar refractivity (Wildman–Crippen MR) is 74.7 cm³/mol. The summed E-state index contributed by atoms with van der Waals surface area (Å²) >= 11 is 6.19. The van der Waals surface area contributed by atoms with Crippen molar-refractivity contribution in [1.82, 2.24) is 0 Å². The summed E-state index contributed by atoms with van der Waals surface area (Å²) in [6, 6.07) is 3.52. The van der Waals surface area contributed by atoms with E-state index in [0.29, 0.717) is 18.1 Å². The van der Waals surface area contributed by atoms with Crippen LogP contribution in [0.1, 0.15) is 44.2 Å². The molecule has 0 atom stereocenters. The monoisotopic (exact) mass is 282 g/mol. The van der Waals surface area contributed by atoms with Crippen LogP contribution in [0.5, 0.6) is 5.75 Å². The quantitative estimate of drug-likeness (QED) is 0.840. The third-order valence-corrected chi connectivity index (χ3v) is 4.04. The zero-order chi connectivity index (χ0) is 14.0. The fourth-order valence-corrected chi connectivity index (χ4v) is 2.58. The predicted octanol–water partition coefficient (Wildman–Crippen LogP) is 3.59. The maximum absolute atomic E-state index is 11.4. The zero-order valence-electron chi connectivity index (χ0n) is 11.3. The van der Waals surface area contributed by atoms with Crippen LogP contribution in [0.3, 0.4) is 0 Å². The van der Waals surface area contributed by atoms with Crippen molar-refractivity contribution < 1.29 is 14.6 Å². The van der Waals surface area contributed by atoms with Gasteiger partial charge in [-0.15, -0.1) is 0 Å². The number of hydrogen-bond donors (Lipinski definition) is 1. The second-order valence-corrected chi connectivity index (χ2v) is 5.73. The molecular weight excluding hydrogens is 264 g/mol. The fourth-order valence-electron chi connectivity index (χ4n) is 2.20. The Kier molecular flexibility index (Phi) is 4.04. The average molecular weight is 283 g/mol. The van der Waals surface area contributed by atoms with Gasteiger partial charge >= 0.3 is 5.97 Å². The molecule has 3 nitrogen and oxygen atoms in total. The van der Waals surface area contributed by atoms with E-state index in [1.807, 2.05) is 6.07 Å². The topological polar surface area (TPSA) is 46.5 Å². The third kappa shape index (κ3) is 3.21. The third-order valence-electron chi connectivity index (χ3n) is 3.72. The lowest BCUT2D eigenvalue weighted by molar-refractivity contribution is -0.143. The van der Waals surface area contributed by atoms with Crippen LogP contribution in [0, 0.1) is 0 Å². The molecule has 19 heavy (non-hydrogen) atoms. The second-order valence-electron chi connectivity index (χ2n) is 5.33. The number of halogens is 1. The smallest absolute Gasteiger partial charge is 0.306 e. The highest BCUT2D eigenvalue weighted by Crippen LogP contribution is 2.51. The van der Waals surface area contributed by atoms with Crippen molar-refractivity contribution in [3.8, 4) is 5.75 Å². The molecule has 0 amide bonds. The highest BCUT2D eigenvalue weighted by Gasteiger charge is 2.40. The van der Waals surface area contributed by atoms with Gasteiger partial charge in [0.2, 0.25) is 0 Å². The summed E-state index contributed by atoms with van der Waals surface area (Å²) in [4.78, 5) is 11.4. The molecule has 2 rings (SSSR count). The van der Waals surface area contributed by atoms with Crippen molar-refractivity contribution >= 4 is 17.6 Å². The number of hydrogen-bond acceptors (Lipinski definition) is 3. The van der Waals surface area contributed by atoms with Gasteiger partial charge in [0.05, 0.1) is 6.61 Å². The minimum Gasteiger partial charge on any atom is -0.508 e. The van der Waals surface area contributed by atoms with Crippen LogP contribution in [0.2, 0.25) is 5.02 Å². The van der Waals surface area contributed by atoms with Crippen molar-refractivity contribution in [2.45, 2.75) is 44.9 Å². The van der Waals surface area contributed by atoms with E-state index >= 15 is 0 Å². The number of aryl methyl sites for hydroxylation is 1. The van der Waals surface area contributed by atoms with Crippen molar-refractivity contribution in [2.75, 3.05) is 6.61 Å². The van der Waals surface area contributed by atoms with E-state index in [4.69, 9.17) is 16.3 Å². The van der Waals surface area contributed by atoms with E-state index in [1.165, 1.54) is 0 Å². The van der Waals surface area contributed by atoms with Crippen LogP contribution in [0.25, 0.3) is 0 Å². The molecule has 0 aliphatic heterocycles. The Morgan fingerprint density at radius 2 is 2.16 bits per heavy atom. The summed E-state index contributed by atoms with van der Waals surface area (Å²) in [7, 11) is 0. The van der Waals surface area contributed by atoms with Crippen molar-refractivity contribution in [1.29, 1.82) is 0 Å². The first-order valence-corrected chi connectivity index (χ1v) is 7.01. The van der Waals surface area contributed by atoms with Crippen molar-refractivity contribution in [2.24, 2.45) is 0 Å². The van der Waals surface area contributed by atoms with Gasteiger partial charge in [0, 0.05) is 11.4 Å². The number of phenolic OH excluding ortho intramolecular Hbond substituents is 1. The van der Waals surface area contributed by atoms with Crippen LogP contribution in [0.4, 0.5) is 0 Å². The molecule has 1 aliphatic carbocycles. The first-order chi connectivity index (χ1) is 8.96. The van der Waals surface area contributed by atoms with E-state index in [1.54, 1.807) is 13.0 Å². The zero-order valence-corrected chi connectivity index (χ0v) is 12.1. The number of aromatic hydroxyl groups is 1. The molecular formula is C15H19ClO3. The van der Waals surface area contributed by atoms with E-state index in [2.05, 4.69) is 6.92 Å².